The summed E-state index contributed by atoms with van der Waals surface area (Å²) in [5, 5.41) is 18.8. The predicted molar refractivity (Wildman–Crippen MR) is 69.3 cm³/mol. The van der Waals surface area contributed by atoms with Gasteiger partial charge in [-0.05, 0) is 56.9 Å². The first-order valence-corrected chi connectivity index (χ1v) is 6.53. The minimum Gasteiger partial charge on any atom is -0.485 e. The second-order valence-electron chi connectivity index (χ2n) is 5.04. The number of rotatable bonds is 3. The summed E-state index contributed by atoms with van der Waals surface area (Å²) < 4.78 is 6.04. The van der Waals surface area contributed by atoms with Crippen molar-refractivity contribution >= 4 is 0 Å². The van der Waals surface area contributed by atoms with E-state index in [9.17, 15) is 5.11 Å². The number of benzene rings is 1. The van der Waals surface area contributed by atoms with Crippen molar-refractivity contribution in [2.24, 2.45) is 0 Å². The average molecular weight is 245 g/mol. The first kappa shape index (κ1) is 12.9. The molecule has 1 aromatic carbocycles. The van der Waals surface area contributed by atoms with Gasteiger partial charge in [-0.2, -0.15) is 5.26 Å². The molecule has 3 nitrogen and oxygen atoms in total. The van der Waals surface area contributed by atoms with Gasteiger partial charge in [0, 0.05) is 0 Å². The number of hydrogen-bond donors (Lipinski definition) is 1. The normalized spacial score (nSPS) is 19.8. The standard InChI is InChI=1S/C15H19NO2/c1-12(17)15(9-3-2-4-10-15)18-14-7-5-13(11-16)6-8-14/h5-8,12,17H,2-4,9-10H2,1H3. The molecule has 0 heterocycles. The highest BCUT2D eigenvalue weighted by atomic mass is 16.5. The van der Waals surface area contributed by atoms with Crippen molar-refractivity contribution in [3.63, 3.8) is 0 Å². The number of aliphatic hydroxyl groups excluding tert-OH is 1. The Labute approximate surface area is 108 Å². The van der Waals surface area contributed by atoms with Crippen molar-refractivity contribution in [1.29, 1.82) is 5.26 Å². The van der Waals surface area contributed by atoms with E-state index in [0.29, 0.717) is 5.56 Å². The lowest BCUT2D eigenvalue weighted by Crippen LogP contribution is -2.47. The van der Waals surface area contributed by atoms with Crippen LogP contribution in [0.25, 0.3) is 0 Å². The molecule has 1 aliphatic rings. The van der Waals surface area contributed by atoms with Gasteiger partial charge in [0.1, 0.15) is 11.4 Å². The van der Waals surface area contributed by atoms with Crippen LogP contribution in [0.4, 0.5) is 0 Å². The van der Waals surface area contributed by atoms with Crippen LogP contribution in [0.15, 0.2) is 24.3 Å². The molecule has 3 heteroatoms. The molecule has 1 aliphatic carbocycles. The van der Waals surface area contributed by atoms with Gasteiger partial charge >= 0.3 is 0 Å². The van der Waals surface area contributed by atoms with Crippen LogP contribution < -0.4 is 4.74 Å². The highest BCUT2D eigenvalue weighted by Crippen LogP contribution is 2.35. The Morgan fingerprint density at radius 2 is 1.83 bits per heavy atom. The van der Waals surface area contributed by atoms with Crippen LogP contribution in [0.3, 0.4) is 0 Å². The Kier molecular flexibility index (Phi) is 3.88. The molecule has 0 radical (unpaired) electrons. The lowest BCUT2D eigenvalue weighted by molar-refractivity contribution is -0.0686. The molecule has 2 rings (SSSR count). The van der Waals surface area contributed by atoms with Gasteiger partial charge in [0.2, 0.25) is 0 Å². The van der Waals surface area contributed by atoms with E-state index in [0.717, 1.165) is 31.4 Å². The highest BCUT2D eigenvalue weighted by Gasteiger charge is 2.38. The largest absolute Gasteiger partial charge is 0.485 e. The maximum atomic E-state index is 10.0. The Hall–Kier alpha value is -1.53. The molecule has 0 aromatic heterocycles. The number of aliphatic hydroxyl groups is 1. The summed E-state index contributed by atoms with van der Waals surface area (Å²) in [5.41, 5.74) is 0.170. The zero-order valence-corrected chi connectivity index (χ0v) is 10.7. The third-order valence-electron chi connectivity index (χ3n) is 3.77. The van der Waals surface area contributed by atoms with E-state index in [2.05, 4.69) is 6.07 Å². The minimum atomic E-state index is -0.478. The summed E-state index contributed by atoms with van der Waals surface area (Å²) in [4.78, 5) is 0. The van der Waals surface area contributed by atoms with Crippen LogP contribution in [-0.2, 0) is 0 Å². The van der Waals surface area contributed by atoms with E-state index >= 15 is 0 Å². The molecule has 18 heavy (non-hydrogen) atoms. The third-order valence-corrected chi connectivity index (χ3v) is 3.77. The van der Waals surface area contributed by atoms with E-state index in [1.807, 2.05) is 0 Å². The first-order valence-electron chi connectivity index (χ1n) is 6.53. The van der Waals surface area contributed by atoms with Crippen LogP contribution in [0.1, 0.15) is 44.6 Å². The topological polar surface area (TPSA) is 53.2 Å². The minimum absolute atomic E-state index is 0.452. The highest BCUT2D eigenvalue weighted by molar-refractivity contribution is 5.34. The summed E-state index contributed by atoms with van der Waals surface area (Å²) in [6.45, 7) is 1.80. The van der Waals surface area contributed by atoms with E-state index in [-0.39, 0.29) is 0 Å². The summed E-state index contributed by atoms with van der Waals surface area (Å²) in [6, 6.07) is 9.18. The molecule has 1 saturated carbocycles. The van der Waals surface area contributed by atoms with Crippen LogP contribution in [0.5, 0.6) is 5.75 Å². The van der Waals surface area contributed by atoms with Crippen molar-refractivity contribution in [2.45, 2.75) is 50.7 Å². The van der Waals surface area contributed by atoms with Crippen molar-refractivity contribution in [3.8, 4) is 11.8 Å². The Morgan fingerprint density at radius 3 is 2.33 bits per heavy atom. The Bertz CT molecular complexity index is 425. The van der Waals surface area contributed by atoms with Gasteiger partial charge in [-0.15, -0.1) is 0 Å². The summed E-state index contributed by atoms with van der Waals surface area (Å²) in [6.07, 6.45) is 4.72. The molecule has 0 saturated heterocycles. The summed E-state index contributed by atoms with van der Waals surface area (Å²) in [5.74, 6) is 0.733. The third kappa shape index (κ3) is 2.65. The molecule has 1 unspecified atom stereocenters. The summed E-state index contributed by atoms with van der Waals surface area (Å²) in [7, 11) is 0. The van der Waals surface area contributed by atoms with Gasteiger partial charge in [0.15, 0.2) is 0 Å². The lowest BCUT2D eigenvalue weighted by atomic mass is 9.81. The zero-order valence-electron chi connectivity index (χ0n) is 10.7. The molecule has 0 spiro atoms. The maximum absolute atomic E-state index is 10.0. The maximum Gasteiger partial charge on any atom is 0.134 e. The van der Waals surface area contributed by atoms with Crippen LogP contribution in [0.2, 0.25) is 0 Å². The zero-order chi connectivity index (χ0) is 13.0. The van der Waals surface area contributed by atoms with Gasteiger partial charge in [-0.1, -0.05) is 6.42 Å². The lowest BCUT2D eigenvalue weighted by Gasteiger charge is -2.40. The molecular formula is C15H19NO2. The van der Waals surface area contributed by atoms with E-state index < -0.39 is 11.7 Å². The Balaban J connectivity index is 2.15. The van der Waals surface area contributed by atoms with Crippen molar-refractivity contribution in [3.05, 3.63) is 29.8 Å². The molecule has 1 atom stereocenters. The van der Waals surface area contributed by atoms with Gasteiger partial charge < -0.3 is 9.84 Å². The van der Waals surface area contributed by atoms with Gasteiger partial charge in [-0.25, -0.2) is 0 Å². The second kappa shape index (κ2) is 5.41. The first-order chi connectivity index (χ1) is 8.66. The van der Waals surface area contributed by atoms with Crippen molar-refractivity contribution < 1.29 is 9.84 Å². The molecular weight excluding hydrogens is 226 g/mol. The monoisotopic (exact) mass is 245 g/mol. The number of nitriles is 1. The Morgan fingerprint density at radius 1 is 1.22 bits per heavy atom. The fraction of sp³-hybridized carbons (Fsp3) is 0.533. The molecule has 1 fully saturated rings. The van der Waals surface area contributed by atoms with Crippen molar-refractivity contribution in [2.75, 3.05) is 0 Å². The van der Waals surface area contributed by atoms with E-state index in [4.69, 9.17) is 10.00 Å². The number of ether oxygens (including phenoxy) is 1. The van der Waals surface area contributed by atoms with Crippen LogP contribution in [0, 0.1) is 11.3 Å². The van der Waals surface area contributed by atoms with Gasteiger partial charge in [0.05, 0.1) is 17.7 Å². The molecule has 96 valence electrons. The van der Waals surface area contributed by atoms with Crippen molar-refractivity contribution in [1.82, 2.24) is 0 Å². The fourth-order valence-corrected chi connectivity index (χ4v) is 2.59. The smallest absolute Gasteiger partial charge is 0.134 e. The van der Waals surface area contributed by atoms with Crippen LogP contribution in [-0.4, -0.2) is 16.8 Å². The molecule has 1 aromatic rings. The SMILES string of the molecule is CC(O)C1(Oc2ccc(C#N)cc2)CCCCC1. The molecule has 0 bridgehead atoms. The second-order valence-corrected chi connectivity index (χ2v) is 5.04. The van der Waals surface area contributed by atoms with Gasteiger partial charge in [0.25, 0.3) is 0 Å². The fourth-order valence-electron chi connectivity index (χ4n) is 2.59. The number of hydrogen-bond acceptors (Lipinski definition) is 3. The number of nitrogens with zero attached hydrogens (tertiary/aromatic N) is 1. The predicted octanol–water partition coefficient (Wildman–Crippen LogP) is 3.02. The quantitative estimate of drug-likeness (QED) is 0.890. The van der Waals surface area contributed by atoms with Gasteiger partial charge in [-0.3, -0.25) is 0 Å². The average Bonchev–Trinajstić information content (AvgIpc) is 2.40. The molecule has 1 N–H and O–H groups in total. The van der Waals surface area contributed by atoms with E-state index in [1.54, 1.807) is 31.2 Å². The summed E-state index contributed by atoms with van der Waals surface area (Å²) >= 11 is 0. The molecule has 0 amide bonds. The van der Waals surface area contributed by atoms with E-state index in [1.165, 1.54) is 6.42 Å². The van der Waals surface area contributed by atoms with Crippen LogP contribution >= 0.6 is 0 Å². The molecule has 0 aliphatic heterocycles.